The maximum atomic E-state index is 13.4. The zero-order valence-electron chi connectivity index (χ0n) is 16.9. The maximum Gasteiger partial charge on any atom is 0.272 e. The predicted molar refractivity (Wildman–Crippen MR) is 115 cm³/mol. The first kappa shape index (κ1) is 20.8. The highest BCUT2D eigenvalue weighted by molar-refractivity contribution is 8.04. The van der Waals surface area contributed by atoms with Crippen LogP contribution in [0.1, 0.15) is 19.4 Å². The van der Waals surface area contributed by atoms with E-state index in [1.807, 2.05) is 13.8 Å². The molecule has 2 amide bonds. The van der Waals surface area contributed by atoms with Crippen molar-refractivity contribution in [3.05, 3.63) is 52.9 Å². The molecule has 0 atom stereocenters. The molecular weight excluding hydrogens is 390 g/mol. The molecule has 0 fully saturated rings. The molecule has 6 nitrogen and oxygen atoms in total. The van der Waals surface area contributed by atoms with Crippen LogP contribution in [0.15, 0.2) is 47.4 Å². The lowest BCUT2D eigenvalue weighted by molar-refractivity contribution is -0.119. The number of nitrogens with zero attached hydrogens (tertiary/aromatic N) is 1. The Bertz CT molecular complexity index is 952. The Hall–Kier alpha value is -2.93. The molecule has 2 aromatic rings. The Morgan fingerprint density at radius 1 is 0.897 bits per heavy atom. The van der Waals surface area contributed by atoms with E-state index in [2.05, 4.69) is 0 Å². The number of hydrogen-bond acceptors (Lipinski definition) is 6. The number of imide groups is 1. The van der Waals surface area contributed by atoms with E-state index in [0.717, 1.165) is 4.90 Å². The molecule has 0 unspecified atom stereocenters. The van der Waals surface area contributed by atoms with Gasteiger partial charge in [0.15, 0.2) is 0 Å². The Morgan fingerprint density at radius 2 is 1.59 bits per heavy atom. The third-order valence-corrected chi connectivity index (χ3v) is 5.37. The van der Waals surface area contributed by atoms with Gasteiger partial charge in [-0.2, -0.15) is 0 Å². The van der Waals surface area contributed by atoms with Crippen LogP contribution in [-0.4, -0.2) is 38.4 Å². The Labute approximate surface area is 174 Å². The highest BCUT2D eigenvalue weighted by Crippen LogP contribution is 2.42. The molecule has 1 aliphatic heterocycles. The SMILES string of the molecule is CCOc1ccc(C2=C(SCC)C(=O)N(c3cc(OC)ccc3OC)C2=O)cc1. The summed E-state index contributed by atoms with van der Waals surface area (Å²) in [7, 11) is 3.03. The van der Waals surface area contributed by atoms with Crippen LogP contribution in [0.5, 0.6) is 17.2 Å². The van der Waals surface area contributed by atoms with Crippen molar-refractivity contribution in [1.82, 2.24) is 0 Å². The van der Waals surface area contributed by atoms with Crippen molar-refractivity contribution in [3.8, 4) is 17.2 Å². The number of amides is 2. The van der Waals surface area contributed by atoms with E-state index in [9.17, 15) is 9.59 Å². The first-order chi connectivity index (χ1) is 14.0. The van der Waals surface area contributed by atoms with Crippen LogP contribution in [0.3, 0.4) is 0 Å². The van der Waals surface area contributed by atoms with Crippen LogP contribution in [-0.2, 0) is 9.59 Å². The summed E-state index contributed by atoms with van der Waals surface area (Å²) in [6.45, 7) is 4.41. The van der Waals surface area contributed by atoms with Crippen LogP contribution in [0, 0.1) is 0 Å². The van der Waals surface area contributed by atoms with Gasteiger partial charge in [0.25, 0.3) is 11.8 Å². The first-order valence-corrected chi connectivity index (χ1v) is 10.2. The zero-order valence-corrected chi connectivity index (χ0v) is 17.7. The minimum absolute atomic E-state index is 0.358. The normalized spacial score (nSPS) is 13.9. The molecule has 152 valence electrons. The summed E-state index contributed by atoms with van der Waals surface area (Å²) < 4.78 is 16.1. The summed E-state index contributed by atoms with van der Waals surface area (Å²) in [6.07, 6.45) is 0. The largest absolute Gasteiger partial charge is 0.497 e. The van der Waals surface area contributed by atoms with Gasteiger partial charge in [0.05, 0.1) is 37.0 Å². The molecule has 0 saturated carbocycles. The van der Waals surface area contributed by atoms with Gasteiger partial charge < -0.3 is 14.2 Å². The molecule has 0 aliphatic carbocycles. The molecular formula is C22H23NO5S. The topological polar surface area (TPSA) is 65.1 Å². The molecule has 7 heteroatoms. The second-order valence-corrected chi connectivity index (χ2v) is 7.35. The van der Waals surface area contributed by atoms with Gasteiger partial charge in [0.2, 0.25) is 0 Å². The lowest BCUT2D eigenvalue weighted by Gasteiger charge is -2.19. The van der Waals surface area contributed by atoms with Crippen LogP contribution in [0.25, 0.3) is 5.57 Å². The number of carbonyl (C=O) groups excluding carboxylic acids is 2. The summed E-state index contributed by atoms with van der Waals surface area (Å²) in [5.41, 5.74) is 1.42. The number of benzene rings is 2. The fourth-order valence-corrected chi connectivity index (χ4v) is 3.97. The molecule has 1 heterocycles. The maximum absolute atomic E-state index is 13.4. The van der Waals surface area contributed by atoms with E-state index in [1.165, 1.54) is 26.0 Å². The standard InChI is InChI=1S/C22H23NO5S/c1-5-28-15-9-7-14(8-10-15)19-20(29-6-2)22(25)23(21(19)24)17-13-16(26-3)11-12-18(17)27-4/h7-13H,5-6H2,1-4H3. The Balaban J connectivity index is 2.08. The fourth-order valence-electron chi connectivity index (χ4n) is 3.12. The smallest absolute Gasteiger partial charge is 0.272 e. The Kier molecular flexibility index (Phi) is 6.49. The number of rotatable bonds is 8. The van der Waals surface area contributed by atoms with Gasteiger partial charge in [-0.3, -0.25) is 9.59 Å². The van der Waals surface area contributed by atoms with Crippen molar-refractivity contribution < 1.29 is 23.8 Å². The van der Waals surface area contributed by atoms with E-state index in [0.29, 0.717) is 51.3 Å². The van der Waals surface area contributed by atoms with Crippen LogP contribution >= 0.6 is 11.8 Å². The lowest BCUT2D eigenvalue weighted by Crippen LogP contribution is -2.31. The summed E-state index contributed by atoms with van der Waals surface area (Å²) in [4.78, 5) is 28.2. The molecule has 0 aromatic heterocycles. The number of hydrogen-bond donors (Lipinski definition) is 0. The lowest BCUT2D eigenvalue weighted by atomic mass is 10.1. The Morgan fingerprint density at radius 3 is 2.17 bits per heavy atom. The average Bonchev–Trinajstić information content (AvgIpc) is 2.98. The van der Waals surface area contributed by atoms with Crippen LogP contribution < -0.4 is 19.1 Å². The van der Waals surface area contributed by atoms with Crippen molar-refractivity contribution in [2.24, 2.45) is 0 Å². The molecule has 2 aromatic carbocycles. The molecule has 3 rings (SSSR count). The highest BCUT2D eigenvalue weighted by Gasteiger charge is 2.41. The molecule has 1 aliphatic rings. The third-order valence-electron chi connectivity index (χ3n) is 4.41. The molecule has 0 saturated heterocycles. The second-order valence-electron chi connectivity index (χ2n) is 6.08. The van der Waals surface area contributed by atoms with Crippen molar-refractivity contribution in [1.29, 1.82) is 0 Å². The molecule has 0 spiro atoms. The van der Waals surface area contributed by atoms with E-state index >= 15 is 0 Å². The zero-order chi connectivity index (χ0) is 21.0. The average molecular weight is 413 g/mol. The van der Waals surface area contributed by atoms with Gasteiger partial charge >= 0.3 is 0 Å². The monoisotopic (exact) mass is 413 g/mol. The summed E-state index contributed by atoms with van der Waals surface area (Å²) >= 11 is 1.35. The number of anilines is 1. The van der Waals surface area contributed by atoms with Crippen molar-refractivity contribution in [3.63, 3.8) is 0 Å². The van der Waals surface area contributed by atoms with Gasteiger partial charge in [-0.05, 0) is 42.5 Å². The minimum Gasteiger partial charge on any atom is -0.497 e. The summed E-state index contributed by atoms with van der Waals surface area (Å²) in [6, 6.07) is 12.2. The van der Waals surface area contributed by atoms with Gasteiger partial charge in [0, 0.05) is 6.07 Å². The van der Waals surface area contributed by atoms with Crippen molar-refractivity contribution in [2.45, 2.75) is 13.8 Å². The van der Waals surface area contributed by atoms with Crippen molar-refractivity contribution >= 4 is 34.8 Å². The van der Waals surface area contributed by atoms with Gasteiger partial charge in [0.1, 0.15) is 17.2 Å². The first-order valence-electron chi connectivity index (χ1n) is 9.26. The second kappa shape index (κ2) is 9.05. The third kappa shape index (κ3) is 3.96. The van der Waals surface area contributed by atoms with Crippen LogP contribution in [0.2, 0.25) is 0 Å². The van der Waals surface area contributed by atoms with Gasteiger partial charge in [-0.25, -0.2) is 4.90 Å². The van der Waals surface area contributed by atoms with E-state index < -0.39 is 0 Å². The van der Waals surface area contributed by atoms with E-state index in [1.54, 1.807) is 42.5 Å². The predicted octanol–water partition coefficient (Wildman–Crippen LogP) is 4.14. The van der Waals surface area contributed by atoms with E-state index in [-0.39, 0.29) is 11.8 Å². The molecule has 0 radical (unpaired) electrons. The molecule has 0 N–H and O–H groups in total. The summed E-state index contributed by atoms with van der Waals surface area (Å²) in [5.74, 6) is 1.57. The molecule has 29 heavy (non-hydrogen) atoms. The quantitative estimate of drug-likeness (QED) is 0.606. The number of carbonyl (C=O) groups is 2. The van der Waals surface area contributed by atoms with Crippen molar-refractivity contribution in [2.75, 3.05) is 31.5 Å². The number of methoxy groups -OCH3 is 2. The number of thioether (sulfide) groups is 1. The fraction of sp³-hybridized carbons (Fsp3) is 0.273. The van der Waals surface area contributed by atoms with E-state index in [4.69, 9.17) is 14.2 Å². The van der Waals surface area contributed by atoms with Gasteiger partial charge in [-0.1, -0.05) is 19.1 Å². The minimum atomic E-state index is -0.387. The number of ether oxygens (including phenoxy) is 3. The van der Waals surface area contributed by atoms with Crippen LogP contribution in [0.4, 0.5) is 5.69 Å². The summed E-state index contributed by atoms with van der Waals surface area (Å²) in [5, 5.41) is 0. The highest BCUT2D eigenvalue weighted by atomic mass is 32.2. The van der Waals surface area contributed by atoms with Gasteiger partial charge in [-0.15, -0.1) is 11.8 Å². The molecule has 0 bridgehead atoms.